The van der Waals surface area contributed by atoms with Crippen molar-refractivity contribution in [2.24, 2.45) is 5.92 Å². The van der Waals surface area contributed by atoms with Crippen LogP contribution in [-0.4, -0.2) is 30.6 Å². The summed E-state index contributed by atoms with van der Waals surface area (Å²) >= 11 is 0. The Labute approximate surface area is 120 Å². The third-order valence-corrected chi connectivity index (χ3v) is 9.14. The molecule has 0 amide bonds. The number of carboxylic acids is 1. The summed E-state index contributed by atoms with van der Waals surface area (Å²) in [6.07, 6.45) is 12.3. The minimum atomic E-state index is -1.08. The predicted octanol–water partition coefficient (Wildman–Crippen LogP) is 3.79. The highest BCUT2D eigenvalue weighted by Gasteiger charge is 2.37. The Balaban J connectivity index is 4.80. The summed E-state index contributed by atoms with van der Waals surface area (Å²) in [5, 5.41) is 11.1. The summed E-state index contributed by atoms with van der Waals surface area (Å²) in [6, 6.07) is 0. The van der Waals surface area contributed by atoms with Gasteiger partial charge in [-0.05, 0) is 19.3 Å². The molecule has 0 rings (SSSR count). The zero-order chi connectivity index (χ0) is 14.7. The Morgan fingerprint density at radius 2 is 1.32 bits per heavy atom. The molecule has 0 N–H and O–H groups in total. The van der Waals surface area contributed by atoms with Gasteiger partial charge >= 0.3 is 0 Å². The molecule has 0 aromatic carbocycles. The lowest BCUT2D eigenvalue weighted by Crippen LogP contribution is -2.33. The van der Waals surface area contributed by atoms with Gasteiger partial charge in [-0.2, -0.15) is 0 Å². The molecule has 19 heavy (non-hydrogen) atoms. The van der Waals surface area contributed by atoms with E-state index < -0.39 is 13.2 Å². The molecule has 0 saturated carbocycles. The molecular weight excluding hydrogens is 255 g/mol. The highest BCUT2D eigenvalue weighted by molar-refractivity contribution is 7.75. The van der Waals surface area contributed by atoms with Crippen LogP contribution < -0.4 is 5.11 Å². The van der Waals surface area contributed by atoms with E-state index in [2.05, 4.69) is 20.8 Å². The first-order valence-electron chi connectivity index (χ1n) is 8.07. The van der Waals surface area contributed by atoms with Gasteiger partial charge in [0.15, 0.2) is 0 Å². The minimum absolute atomic E-state index is 0.265. The van der Waals surface area contributed by atoms with Crippen LogP contribution in [-0.2, 0) is 4.79 Å². The van der Waals surface area contributed by atoms with Crippen molar-refractivity contribution in [1.29, 1.82) is 0 Å². The molecule has 0 aromatic heterocycles. The normalized spacial score (nSPS) is 13.5. The van der Waals surface area contributed by atoms with Crippen LogP contribution in [0.15, 0.2) is 0 Å². The van der Waals surface area contributed by atoms with Crippen LogP contribution >= 0.6 is 7.26 Å². The smallest absolute Gasteiger partial charge is 0.0672 e. The fourth-order valence-electron chi connectivity index (χ4n) is 2.75. The number of hydrogen-bond donors (Lipinski definition) is 0. The van der Waals surface area contributed by atoms with Crippen LogP contribution in [0.5, 0.6) is 0 Å². The second kappa shape index (κ2) is 10.7. The highest BCUT2D eigenvalue weighted by atomic mass is 31.2. The molecule has 1 unspecified atom stereocenters. The number of aliphatic carboxylic acids is 1. The topological polar surface area (TPSA) is 40.1 Å². The lowest BCUT2D eigenvalue weighted by molar-refractivity contribution is -0.310. The third-order valence-electron chi connectivity index (χ3n) is 4.02. The van der Waals surface area contributed by atoms with Gasteiger partial charge in [0.25, 0.3) is 0 Å². The van der Waals surface area contributed by atoms with Crippen LogP contribution in [0.2, 0.25) is 0 Å². The Bertz CT molecular complexity index is 219. The van der Waals surface area contributed by atoms with Crippen molar-refractivity contribution in [3.63, 3.8) is 0 Å². The van der Waals surface area contributed by atoms with Gasteiger partial charge in [0.2, 0.25) is 0 Å². The molecule has 0 aliphatic rings. The van der Waals surface area contributed by atoms with Crippen molar-refractivity contribution in [1.82, 2.24) is 0 Å². The Morgan fingerprint density at radius 1 is 0.947 bits per heavy atom. The zero-order valence-corrected chi connectivity index (χ0v) is 14.3. The van der Waals surface area contributed by atoms with Crippen molar-refractivity contribution >= 4 is 13.2 Å². The van der Waals surface area contributed by atoms with Crippen molar-refractivity contribution in [2.45, 2.75) is 66.2 Å². The molecule has 2 nitrogen and oxygen atoms in total. The minimum Gasteiger partial charge on any atom is -0.550 e. The average molecular weight is 288 g/mol. The Hall–Kier alpha value is -0.100. The number of unbranched alkanes of at least 4 members (excludes halogenated alkanes) is 3. The maximum Gasteiger partial charge on any atom is 0.0672 e. The first-order valence-corrected chi connectivity index (χ1v) is 10.6. The molecule has 0 aromatic rings. The van der Waals surface area contributed by atoms with Gasteiger partial charge in [-0.25, -0.2) is 0 Å². The summed E-state index contributed by atoms with van der Waals surface area (Å²) in [4.78, 5) is 11.1. The van der Waals surface area contributed by atoms with E-state index in [0.717, 1.165) is 6.16 Å². The molecule has 0 radical (unpaired) electrons. The molecular formula is C16H33O2P. The molecule has 0 bridgehead atoms. The fraction of sp³-hybridized carbons (Fsp3) is 0.938. The van der Waals surface area contributed by atoms with Gasteiger partial charge in [-0.15, -0.1) is 0 Å². The van der Waals surface area contributed by atoms with E-state index in [1.165, 1.54) is 57.0 Å². The molecule has 0 aliphatic carbocycles. The SMILES string of the molecule is CCCC[P+](CCCC)(CCCC)CC(C)C(=O)[O-]. The number of carboxylic acid groups (broad SMARTS) is 1. The first-order chi connectivity index (χ1) is 9.01. The summed E-state index contributed by atoms with van der Waals surface area (Å²) in [6.45, 7) is 8.54. The van der Waals surface area contributed by atoms with Crippen molar-refractivity contribution < 1.29 is 9.90 Å². The van der Waals surface area contributed by atoms with Crippen LogP contribution in [0.1, 0.15) is 66.2 Å². The second-order valence-electron chi connectivity index (χ2n) is 5.98. The summed E-state index contributed by atoms with van der Waals surface area (Å²) in [7, 11) is -1.08. The van der Waals surface area contributed by atoms with Crippen molar-refractivity contribution in [2.75, 3.05) is 24.6 Å². The van der Waals surface area contributed by atoms with Crippen molar-refractivity contribution in [3.05, 3.63) is 0 Å². The summed E-state index contributed by atoms with van der Waals surface area (Å²) in [5.74, 6) is -1.12. The molecule has 3 heteroatoms. The maximum atomic E-state index is 11.1. The molecule has 0 saturated heterocycles. The molecule has 0 spiro atoms. The number of carbonyl (C=O) groups excluding carboxylic acids is 1. The average Bonchev–Trinajstić information content (AvgIpc) is 2.40. The fourth-order valence-corrected chi connectivity index (χ4v) is 8.24. The number of rotatable bonds is 12. The van der Waals surface area contributed by atoms with E-state index in [1.807, 2.05) is 6.92 Å². The number of hydrogen-bond acceptors (Lipinski definition) is 2. The molecule has 0 heterocycles. The molecule has 0 fully saturated rings. The molecule has 114 valence electrons. The van der Waals surface area contributed by atoms with Gasteiger partial charge in [-0.1, -0.05) is 47.0 Å². The first kappa shape index (κ1) is 18.9. The van der Waals surface area contributed by atoms with Gasteiger partial charge in [0.05, 0.1) is 24.6 Å². The maximum absolute atomic E-state index is 11.1. The largest absolute Gasteiger partial charge is 0.550 e. The van der Waals surface area contributed by atoms with Crippen LogP contribution in [0.4, 0.5) is 0 Å². The third kappa shape index (κ3) is 7.92. The van der Waals surface area contributed by atoms with E-state index in [1.54, 1.807) is 0 Å². The van der Waals surface area contributed by atoms with E-state index in [0.29, 0.717) is 0 Å². The van der Waals surface area contributed by atoms with E-state index in [4.69, 9.17) is 0 Å². The summed E-state index contributed by atoms with van der Waals surface area (Å²) < 4.78 is 0. The van der Waals surface area contributed by atoms with Crippen LogP contribution in [0.25, 0.3) is 0 Å². The number of carbonyl (C=O) groups is 1. The van der Waals surface area contributed by atoms with Gasteiger partial charge in [-0.3, -0.25) is 0 Å². The van der Waals surface area contributed by atoms with Crippen LogP contribution in [0, 0.1) is 5.92 Å². The van der Waals surface area contributed by atoms with E-state index in [9.17, 15) is 9.90 Å². The second-order valence-corrected chi connectivity index (χ2v) is 10.4. The lowest BCUT2D eigenvalue weighted by Gasteiger charge is -2.30. The molecule has 1 atom stereocenters. The predicted molar refractivity (Wildman–Crippen MR) is 85.3 cm³/mol. The standard InChI is InChI=1S/C16H33O2P/c1-5-8-11-19(12-9-6-2,13-10-7-3)14-15(4)16(17)18/h15H,5-14H2,1-4H3. The lowest BCUT2D eigenvalue weighted by atomic mass is 10.2. The van der Waals surface area contributed by atoms with E-state index >= 15 is 0 Å². The highest BCUT2D eigenvalue weighted by Crippen LogP contribution is 2.61. The van der Waals surface area contributed by atoms with Gasteiger partial charge < -0.3 is 9.90 Å². The van der Waals surface area contributed by atoms with Crippen LogP contribution in [0.3, 0.4) is 0 Å². The quantitative estimate of drug-likeness (QED) is 0.513. The zero-order valence-electron chi connectivity index (χ0n) is 13.4. The van der Waals surface area contributed by atoms with Gasteiger partial charge in [0, 0.05) is 19.1 Å². The summed E-state index contributed by atoms with van der Waals surface area (Å²) in [5.41, 5.74) is 0. The van der Waals surface area contributed by atoms with E-state index in [-0.39, 0.29) is 5.92 Å². The monoisotopic (exact) mass is 288 g/mol. The van der Waals surface area contributed by atoms with Crippen molar-refractivity contribution in [3.8, 4) is 0 Å². The Morgan fingerprint density at radius 3 is 1.58 bits per heavy atom. The Kier molecular flexibility index (Phi) is 10.6. The molecule has 0 aliphatic heterocycles. The van der Waals surface area contributed by atoms with Gasteiger partial charge in [0.1, 0.15) is 0 Å².